The minimum atomic E-state index is -1.01. The molecule has 1 rings (SSSR count). The zero-order chi connectivity index (χ0) is 15.8. The van der Waals surface area contributed by atoms with Crippen molar-refractivity contribution >= 4 is 23.2 Å². The summed E-state index contributed by atoms with van der Waals surface area (Å²) in [6.07, 6.45) is 2.87. The van der Waals surface area contributed by atoms with Crippen molar-refractivity contribution in [3.63, 3.8) is 0 Å². The van der Waals surface area contributed by atoms with Crippen LogP contribution in [0.5, 0.6) is 0 Å². The minimum absolute atomic E-state index is 0.225. The number of methoxy groups -OCH3 is 1. The fraction of sp³-hybridized carbons (Fsp3) is 0.600. The average Bonchev–Trinajstić information content (AvgIpc) is 2.85. The van der Waals surface area contributed by atoms with Gasteiger partial charge in [-0.2, -0.15) is 0 Å². The van der Waals surface area contributed by atoms with E-state index in [2.05, 4.69) is 13.8 Å². The first-order valence-corrected chi connectivity index (χ1v) is 7.96. The second-order valence-corrected chi connectivity index (χ2v) is 5.91. The van der Waals surface area contributed by atoms with Crippen LogP contribution in [0.1, 0.15) is 40.4 Å². The molecule has 0 fully saturated rings. The summed E-state index contributed by atoms with van der Waals surface area (Å²) in [5.74, 6) is -1.24. The first kappa shape index (κ1) is 17.7. The Morgan fingerprint density at radius 1 is 1.38 bits per heavy atom. The molecule has 0 bridgehead atoms. The highest BCUT2D eigenvalue weighted by atomic mass is 32.1. The summed E-state index contributed by atoms with van der Waals surface area (Å²) < 4.78 is 4.95. The monoisotopic (exact) mass is 313 g/mol. The van der Waals surface area contributed by atoms with Gasteiger partial charge in [0.15, 0.2) is 0 Å². The number of carboxylic acids is 1. The highest BCUT2D eigenvalue weighted by molar-refractivity contribution is 7.14. The molecule has 118 valence electrons. The number of ether oxygens (including phenoxy) is 1. The molecule has 0 saturated carbocycles. The summed E-state index contributed by atoms with van der Waals surface area (Å²) in [4.78, 5) is 26.6. The highest BCUT2D eigenvalue weighted by Crippen LogP contribution is 2.25. The van der Waals surface area contributed by atoms with Gasteiger partial charge in [-0.3, -0.25) is 9.59 Å². The topological polar surface area (TPSA) is 66.8 Å². The van der Waals surface area contributed by atoms with Gasteiger partial charge < -0.3 is 14.7 Å². The lowest BCUT2D eigenvalue weighted by atomic mass is 10.1. The van der Waals surface area contributed by atoms with Gasteiger partial charge in [0.2, 0.25) is 0 Å². The lowest BCUT2D eigenvalue weighted by Crippen LogP contribution is -2.37. The number of aryl methyl sites for hydroxylation is 2. The summed E-state index contributed by atoms with van der Waals surface area (Å²) in [5.41, 5.74) is 1.19. The van der Waals surface area contributed by atoms with Crippen LogP contribution < -0.4 is 0 Å². The van der Waals surface area contributed by atoms with E-state index in [1.165, 1.54) is 33.8 Å². The number of thiophene rings is 1. The predicted octanol–water partition coefficient (Wildman–Crippen LogP) is 2.44. The van der Waals surface area contributed by atoms with Gasteiger partial charge in [0, 0.05) is 18.5 Å². The van der Waals surface area contributed by atoms with Crippen LogP contribution in [0.2, 0.25) is 0 Å². The van der Waals surface area contributed by atoms with Crippen molar-refractivity contribution in [3.8, 4) is 0 Å². The van der Waals surface area contributed by atoms with Gasteiger partial charge in [0.25, 0.3) is 5.91 Å². The van der Waals surface area contributed by atoms with Crippen LogP contribution in [-0.4, -0.2) is 48.7 Å². The molecule has 0 unspecified atom stereocenters. The fourth-order valence-corrected chi connectivity index (χ4v) is 3.41. The number of carboxylic acid groups (broad SMARTS) is 1. The van der Waals surface area contributed by atoms with Crippen molar-refractivity contribution in [1.29, 1.82) is 0 Å². The number of amides is 1. The third kappa shape index (κ3) is 5.13. The van der Waals surface area contributed by atoms with Crippen molar-refractivity contribution < 1.29 is 19.4 Å². The lowest BCUT2D eigenvalue weighted by Gasteiger charge is -2.19. The molecule has 0 saturated heterocycles. The molecule has 0 aromatic carbocycles. The summed E-state index contributed by atoms with van der Waals surface area (Å²) >= 11 is 1.48. The van der Waals surface area contributed by atoms with Crippen molar-refractivity contribution in [2.45, 2.75) is 33.1 Å². The van der Waals surface area contributed by atoms with Crippen LogP contribution in [0.25, 0.3) is 0 Å². The third-order valence-electron chi connectivity index (χ3n) is 3.14. The molecule has 0 aliphatic rings. The van der Waals surface area contributed by atoms with Crippen LogP contribution in [0.4, 0.5) is 0 Å². The van der Waals surface area contributed by atoms with E-state index in [1.807, 2.05) is 6.07 Å². The van der Waals surface area contributed by atoms with Gasteiger partial charge in [-0.05, 0) is 24.5 Å². The van der Waals surface area contributed by atoms with E-state index in [9.17, 15) is 9.59 Å². The molecule has 1 heterocycles. The summed E-state index contributed by atoms with van der Waals surface area (Å²) in [7, 11) is 1.53. The third-order valence-corrected chi connectivity index (χ3v) is 4.37. The van der Waals surface area contributed by atoms with E-state index in [0.29, 0.717) is 11.5 Å². The van der Waals surface area contributed by atoms with E-state index < -0.39 is 5.97 Å². The van der Waals surface area contributed by atoms with Gasteiger partial charge in [-0.25, -0.2) is 0 Å². The molecule has 0 radical (unpaired) electrons. The van der Waals surface area contributed by atoms with Crippen LogP contribution in [-0.2, 0) is 22.4 Å². The maximum atomic E-state index is 12.5. The van der Waals surface area contributed by atoms with E-state index in [-0.39, 0.29) is 19.0 Å². The number of aliphatic carboxylic acids is 1. The van der Waals surface area contributed by atoms with Crippen LogP contribution in [0.15, 0.2) is 6.07 Å². The number of carbonyl (C=O) groups is 2. The van der Waals surface area contributed by atoms with Crippen molar-refractivity contribution in [3.05, 3.63) is 21.4 Å². The molecule has 0 spiro atoms. The van der Waals surface area contributed by atoms with E-state index >= 15 is 0 Å². The van der Waals surface area contributed by atoms with Crippen LogP contribution in [0.3, 0.4) is 0 Å². The van der Waals surface area contributed by atoms with E-state index in [4.69, 9.17) is 9.84 Å². The summed E-state index contributed by atoms with van der Waals surface area (Å²) in [6, 6.07) is 1.90. The number of carbonyl (C=O) groups excluding carboxylic acids is 1. The summed E-state index contributed by atoms with van der Waals surface area (Å²) in [5, 5.41) is 8.94. The zero-order valence-electron chi connectivity index (χ0n) is 12.8. The smallest absolute Gasteiger partial charge is 0.323 e. The number of hydrogen-bond acceptors (Lipinski definition) is 4. The van der Waals surface area contributed by atoms with Crippen LogP contribution in [0, 0.1) is 0 Å². The molecule has 5 nitrogen and oxygen atoms in total. The van der Waals surface area contributed by atoms with E-state index in [0.717, 1.165) is 19.3 Å². The maximum absolute atomic E-state index is 12.5. The molecular formula is C15H23NO4S. The predicted molar refractivity (Wildman–Crippen MR) is 83.1 cm³/mol. The molecule has 0 aliphatic carbocycles. The van der Waals surface area contributed by atoms with Gasteiger partial charge in [0.05, 0.1) is 11.5 Å². The Labute approximate surface area is 129 Å². The molecule has 1 N–H and O–H groups in total. The Hall–Kier alpha value is -1.40. The second kappa shape index (κ2) is 8.79. The first-order valence-electron chi connectivity index (χ1n) is 7.15. The number of hydrogen-bond donors (Lipinski definition) is 1. The Kier molecular flexibility index (Phi) is 7.39. The molecule has 1 amide bonds. The van der Waals surface area contributed by atoms with Crippen molar-refractivity contribution in [2.75, 3.05) is 26.8 Å². The first-order chi connectivity index (χ1) is 10.0. The standard InChI is InChI=1S/C15H23NO4S/c1-4-6-12-11(5-2)9-13(21-12)15(19)16(7-8-20-3)10-14(17)18/h9H,4-8,10H2,1-3H3,(H,17,18). The Bertz CT molecular complexity index is 484. The minimum Gasteiger partial charge on any atom is -0.480 e. The molecule has 1 aromatic heterocycles. The average molecular weight is 313 g/mol. The highest BCUT2D eigenvalue weighted by Gasteiger charge is 2.21. The Morgan fingerprint density at radius 3 is 2.62 bits per heavy atom. The Balaban J connectivity index is 2.93. The number of rotatable bonds is 9. The lowest BCUT2D eigenvalue weighted by molar-refractivity contribution is -0.137. The van der Waals surface area contributed by atoms with E-state index in [1.54, 1.807) is 0 Å². The quantitative estimate of drug-likeness (QED) is 0.760. The Morgan fingerprint density at radius 2 is 2.10 bits per heavy atom. The molecule has 21 heavy (non-hydrogen) atoms. The largest absolute Gasteiger partial charge is 0.480 e. The molecule has 6 heteroatoms. The van der Waals surface area contributed by atoms with Gasteiger partial charge >= 0.3 is 5.97 Å². The normalized spacial score (nSPS) is 10.6. The van der Waals surface area contributed by atoms with Crippen molar-refractivity contribution in [2.24, 2.45) is 0 Å². The second-order valence-electron chi connectivity index (χ2n) is 4.78. The molecular weight excluding hydrogens is 290 g/mol. The maximum Gasteiger partial charge on any atom is 0.323 e. The molecule has 1 aromatic rings. The van der Waals surface area contributed by atoms with Crippen LogP contribution >= 0.6 is 11.3 Å². The van der Waals surface area contributed by atoms with Gasteiger partial charge in [-0.1, -0.05) is 20.3 Å². The van der Waals surface area contributed by atoms with Gasteiger partial charge in [0.1, 0.15) is 6.54 Å². The fourth-order valence-electron chi connectivity index (χ4n) is 2.08. The molecule has 0 aliphatic heterocycles. The van der Waals surface area contributed by atoms with Gasteiger partial charge in [-0.15, -0.1) is 11.3 Å². The van der Waals surface area contributed by atoms with Crippen molar-refractivity contribution in [1.82, 2.24) is 4.90 Å². The SMILES string of the molecule is CCCc1sc(C(=O)N(CCOC)CC(=O)O)cc1CC. The number of nitrogens with zero attached hydrogens (tertiary/aromatic N) is 1. The zero-order valence-corrected chi connectivity index (χ0v) is 13.7. The molecule has 0 atom stereocenters. The summed E-state index contributed by atoms with van der Waals surface area (Å²) in [6.45, 7) is 4.48.